The van der Waals surface area contributed by atoms with Crippen LogP contribution < -0.4 is 5.32 Å². The van der Waals surface area contributed by atoms with Gasteiger partial charge >= 0.3 is 6.03 Å². The molecule has 1 aromatic heterocycles. The summed E-state index contributed by atoms with van der Waals surface area (Å²) < 4.78 is 1.96. The third-order valence-corrected chi connectivity index (χ3v) is 5.07. The molecule has 0 radical (unpaired) electrons. The zero-order valence-electron chi connectivity index (χ0n) is 15.4. The van der Waals surface area contributed by atoms with Gasteiger partial charge in [-0.15, -0.1) is 10.2 Å². The van der Waals surface area contributed by atoms with Crippen LogP contribution in [0.3, 0.4) is 0 Å². The van der Waals surface area contributed by atoms with E-state index in [1.165, 1.54) is 0 Å². The van der Waals surface area contributed by atoms with Gasteiger partial charge in [-0.3, -0.25) is 0 Å². The first-order valence-electron chi connectivity index (χ1n) is 9.20. The zero-order valence-corrected chi connectivity index (χ0v) is 15.4. The second kappa shape index (κ2) is 8.21. The number of hydrogen-bond donors (Lipinski definition) is 2. The molecule has 140 valence electrons. The summed E-state index contributed by atoms with van der Waals surface area (Å²) in [6.45, 7) is 3.52. The van der Waals surface area contributed by atoms with Crippen LogP contribution in [0.15, 0.2) is 30.6 Å². The average molecular weight is 357 g/mol. The van der Waals surface area contributed by atoms with Crippen molar-refractivity contribution in [1.29, 1.82) is 0 Å². The fourth-order valence-electron chi connectivity index (χ4n) is 3.42. The number of aryl methyl sites for hydroxylation is 2. The molecule has 1 atom stereocenters. The lowest BCUT2D eigenvalue weighted by Crippen LogP contribution is -2.47. The summed E-state index contributed by atoms with van der Waals surface area (Å²) in [5, 5.41) is 20.6. The number of aromatic hydroxyl groups is 1. The van der Waals surface area contributed by atoms with E-state index < -0.39 is 0 Å². The molecule has 1 fully saturated rings. The monoisotopic (exact) mass is 357 g/mol. The molecule has 2 aromatic rings. The molecule has 0 aliphatic carbocycles. The summed E-state index contributed by atoms with van der Waals surface area (Å²) in [5.74, 6) is 1.66. The van der Waals surface area contributed by atoms with E-state index in [1.807, 2.05) is 35.6 Å². The Morgan fingerprint density at radius 1 is 1.31 bits per heavy atom. The summed E-state index contributed by atoms with van der Waals surface area (Å²) in [4.78, 5) is 14.4. The summed E-state index contributed by atoms with van der Waals surface area (Å²) in [5.41, 5.74) is 1.16. The smallest absolute Gasteiger partial charge is 0.317 e. The van der Waals surface area contributed by atoms with E-state index in [1.54, 1.807) is 18.5 Å². The van der Waals surface area contributed by atoms with E-state index >= 15 is 0 Å². The number of aromatic nitrogens is 3. The first-order chi connectivity index (χ1) is 12.5. The normalized spacial score (nSPS) is 16.5. The van der Waals surface area contributed by atoms with Crippen LogP contribution in [0.25, 0.3) is 0 Å². The Hall–Kier alpha value is -2.57. The molecule has 1 unspecified atom stereocenters. The second-order valence-corrected chi connectivity index (χ2v) is 7.12. The average Bonchev–Trinajstić information content (AvgIpc) is 3.07. The number of piperidine rings is 1. The standard InChI is InChI=1S/C19H27N5O2/c1-14(3-4-15-5-7-17(25)8-6-15)21-19(26)24-11-9-16(10-12-24)18-22-20-13-23(18)2/h5-8,13-14,16,25H,3-4,9-12H2,1-2H3,(H,21,26). The Labute approximate surface area is 154 Å². The highest BCUT2D eigenvalue weighted by Gasteiger charge is 2.26. The Bertz CT molecular complexity index is 720. The van der Waals surface area contributed by atoms with Crippen molar-refractivity contribution >= 4 is 6.03 Å². The first-order valence-corrected chi connectivity index (χ1v) is 9.20. The highest BCUT2D eigenvalue weighted by molar-refractivity contribution is 5.74. The van der Waals surface area contributed by atoms with Crippen molar-refractivity contribution in [2.24, 2.45) is 7.05 Å². The Morgan fingerprint density at radius 2 is 2.00 bits per heavy atom. The van der Waals surface area contributed by atoms with Crippen LogP contribution in [0.1, 0.15) is 43.5 Å². The minimum atomic E-state index is 0.0135. The molecule has 7 heteroatoms. The van der Waals surface area contributed by atoms with Gasteiger partial charge in [-0.05, 0) is 50.3 Å². The molecule has 2 amide bonds. The number of benzene rings is 1. The van der Waals surface area contributed by atoms with E-state index in [9.17, 15) is 9.90 Å². The van der Waals surface area contributed by atoms with Crippen LogP contribution in [0.5, 0.6) is 5.75 Å². The van der Waals surface area contributed by atoms with Crippen LogP contribution >= 0.6 is 0 Å². The molecule has 0 spiro atoms. The largest absolute Gasteiger partial charge is 0.508 e. The van der Waals surface area contributed by atoms with Gasteiger partial charge in [0.15, 0.2) is 0 Å². The van der Waals surface area contributed by atoms with Crippen molar-refractivity contribution in [2.45, 2.75) is 44.6 Å². The maximum absolute atomic E-state index is 12.5. The lowest BCUT2D eigenvalue weighted by Gasteiger charge is -2.32. The lowest BCUT2D eigenvalue weighted by atomic mass is 9.96. The number of rotatable bonds is 5. The Morgan fingerprint density at radius 3 is 2.62 bits per heavy atom. The number of urea groups is 1. The maximum Gasteiger partial charge on any atom is 0.317 e. The zero-order chi connectivity index (χ0) is 18.5. The molecule has 3 rings (SSSR count). The SMILES string of the molecule is CC(CCc1ccc(O)cc1)NC(=O)N1CCC(c2nncn2C)CC1. The highest BCUT2D eigenvalue weighted by Crippen LogP contribution is 2.26. The minimum Gasteiger partial charge on any atom is -0.508 e. The number of carbonyl (C=O) groups is 1. The van der Waals surface area contributed by atoms with Crippen molar-refractivity contribution in [3.05, 3.63) is 42.0 Å². The predicted octanol–water partition coefficient (Wildman–Crippen LogP) is 2.43. The number of phenolic OH excluding ortho intramolecular Hbond substituents is 1. The summed E-state index contributed by atoms with van der Waals surface area (Å²) in [6.07, 6.45) is 5.30. The van der Waals surface area contributed by atoms with Crippen LogP contribution in [-0.4, -0.2) is 49.9 Å². The molecule has 2 N–H and O–H groups in total. The van der Waals surface area contributed by atoms with E-state index in [-0.39, 0.29) is 17.8 Å². The molecular formula is C19H27N5O2. The summed E-state index contributed by atoms with van der Waals surface area (Å²) >= 11 is 0. The Balaban J connectivity index is 1.42. The fraction of sp³-hybridized carbons (Fsp3) is 0.526. The van der Waals surface area contributed by atoms with Crippen molar-refractivity contribution in [3.8, 4) is 5.75 Å². The van der Waals surface area contributed by atoms with Gasteiger partial charge in [0, 0.05) is 32.1 Å². The molecule has 0 bridgehead atoms. The third kappa shape index (κ3) is 4.53. The van der Waals surface area contributed by atoms with Gasteiger partial charge in [0.1, 0.15) is 17.9 Å². The number of nitrogens with zero attached hydrogens (tertiary/aromatic N) is 4. The molecule has 1 aliphatic rings. The van der Waals surface area contributed by atoms with Gasteiger partial charge in [-0.25, -0.2) is 4.79 Å². The lowest BCUT2D eigenvalue weighted by molar-refractivity contribution is 0.176. The van der Waals surface area contributed by atoms with Gasteiger partial charge in [-0.1, -0.05) is 12.1 Å². The van der Waals surface area contributed by atoms with Gasteiger partial charge in [-0.2, -0.15) is 0 Å². The molecular weight excluding hydrogens is 330 g/mol. The van der Waals surface area contributed by atoms with E-state index in [4.69, 9.17) is 0 Å². The first kappa shape index (κ1) is 18.2. The fourth-order valence-corrected chi connectivity index (χ4v) is 3.42. The van der Waals surface area contributed by atoms with Crippen LogP contribution in [0.2, 0.25) is 0 Å². The molecule has 1 aromatic carbocycles. The van der Waals surface area contributed by atoms with Gasteiger partial charge in [0.05, 0.1) is 0 Å². The van der Waals surface area contributed by atoms with Crippen molar-refractivity contribution in [1.82, 2.24) is 25.0 Å². The summed E-state index contributed by atoms with van der Waals surface area (Å²) in [7, 11) is 1.96. The Kier molecular flexibility index (Phi) is 5.75. The molecule has 7 nitrogen and oxygen atoms in total. The van der Waals surface area contributed by atoms with E-state index in [0.717, 1.165) is 50.2 Å². The van der Waals surface area contributed by atoms with E-state index in [2.05, 4.69) is 15.5 Å². The quantitative estimate of drug-likeness (QED) is 0.861. The van der Waals surface area contributed by atoms with Crippen molar-refractivity contribution in [3.63, 3.8) is 0 Å². The summed E-state index contributed by atoms with van der Waals surface area (Å²) in [6, 6.07) is 7.34. The maximum atomic E-state index is 12.5. The number of phenols is 1. The van der Waals surface area contributed by atoms with Crippen LogP contribution in [0.4, 0.5) is 4.79 Å². The highest BCUT2D eigenvalue weighted by atomic mass is 16.3. The van der Waals surface area contributed by atoms with Gasteiger partial charge in [0.2, 0.25) is 0 Å². The third-order valence-electron chi connectivity index (χ3n) is 5.07. The van der Waals surface area contributed by atoms with Crippen LogP contribution in [0, 0.1) is 0 Å². The number of nitrogens with one attached hydrogen (secondary N) is 1. The predicted molar refractivity (Wildman–Crippen MR) is 99.0 cm³/mol. The molecule has 26 heavy (non-hydrogen) atoms. The second-order valence-electron chi connectivity index (χ2n) is 7.12. The number of carbonyl (C=O) groups excluding carboxylic acids is 1. The van der Waals surface area contributed by atoms with Crippen molar-refractivity contribution in [2.75, 3.05) is 13.1 Å². The molecule has 2 heterocycles. The molecule has 1 aliphatic heterocycles. The molecule has 0 saturated carbocycles. The van der Waals surface area contributed by atoms with Gasteiger partial charge in [0.25, 0.3) is 0 Å². The van der Waals surface area contributed by atoms with Gasteiger partial charge < -0.3 is 19.9 Å². The minimum absolute atomic E-state index is 0.0135. The van der Waals surface area contributed by atoms with E-state index in [0.29, 0.717) is 5.92 Å². The topological polar surface area (TPSA) is 83.3 Å². The van der Waals surface area contributed by atoms with Crippen molar-refractivity contribution < 1.29 is 9.90 Å². The molecule has 1 saturated heterocycles. The number of likely N-dealkylation sites (tertiary alicyclic amines) is 1. The number of amides is 2. The van der Waals surface area contributed by atoms with Crippen LogP contribution in [-0.2, 0) is 13.5 Å². The number of hydrogen-bond acceptors (Lipinski definition) is 4.